The SMILES string of the molecule is OCC1CCN(Cc2ccnc(Cl)c2)C1. The molecule has 1 aromatic rings. The third-order valence-electron chi connectivity index (χ3n) is 2.83. The summed E-state index contributed by atoms with van der Waals surface area (Å²) in [5.41, 5.74) is 1.19. The molecule has 1 unspecified atom stereocenters. The highest BCUT2D eigenvalue weighted by molar-refractivity contribution is 6.29. The second kappa shape index (κ2) is 4.92. The quantitative estimate of drug-likeness (QED) is 0.795. The van der Waals surface area contributed by atoms with Gasteiger partial charge in [0.15, 0.2) is 0 Å². The van der Waals surface area contributed by atoms with Gasteiger partial charge in [-0.05, 0) is 36.6 Å². The van der Waals surface area contributed by atoms with Crippen LogP contribution in [0.5, 0.6) is 0 Å². The average molecular weight is 227 g/mol. The first-order valence-corrected chi connectivity index (χ1v) is 5.59. The third kappa shape index (κ3) is 2.91. The van der Waals surface area contributed by atoms with Crippen molar-refractivity contribution in [1.82, 2.24) is 9.88 Å². The van der Waals surface area contributed by atoms with Crippen molar-refractivity contribution in [1.29, 1.82) is 0 Å². The summed E-state index contributed by atoms with van der Waals surface area (Å²) in [5.74, 6) is 0.447. The molecule has 0 spiro atoms. The third-order valence-corrected chi connectivity index (χ3v) is 3.03. The molecule has 0 aliphatic carbocycles. The second-order valence-corrected chi connectivity index (χ2v) is 4.45. The minimum absolute atomic E-state index is 0.299. The fourth-order valence-electron chi connectivity index (χ4n) is 2.00. The molecule has 2 heterocycles. The van der Waals surface area contributed by atoms with Gasteiger partial charge in [-0.2, -0.15) is 0 Å². The van der Waals surface area contributed by atoms with Gasteiger partial charge in [-0.1, -0.05) is 11.6 Å². The lowest BCUT2D eigenvalue weighted by molar-refractivity contribution is 0.220. The van der Waals surface area contributed by atoms with E-state index in [4.69, 9.17) is 16.7 Å². The van der Waals surface area contributed by atoms with E-state index in [2.05, 4.69) is 9.88 Å². The fourth-order valence-corrected chi connectivity index (χ4v) is 2.20. The Labute approximate surface area is 94.7 Å². The minimum atomic E-state index is 0.299. The average Bonchev–Trinajstić information content (AvgIpc) is 2.65. The summed E-state index contributed by atoms with van der Waals surface area (Å²) in [5, 5.41) is 9.58. The Morgan fingerprint density at radius 3 is 3.13 bits per heavy atom. The molecule has 2 rings (SSSR count). The van der Waals surface area contributed by atoms with Gasteiger partial charge < -0.3 is 5.11 Å². The summed E-state index contributed by atoms with van der Waals surface area (Å²) in [4.78, 5) is 6.29. The van der Waals surface area contributed by atoms with Crippen LogP contribution in [0.4, 0.5) is 0 Å². The molecule has 4 heteroatoms. The second-order valence-electron chi connectivity index (χ2n) is 4.06. The number of rotatable bonds is 3. The normalized spacial score (nSPS) is 22.1. The van der Waals surface area contributed by atoms with Crippen molar-refractivity contribution in [2.24, 2.45) is 5.92 Å². The summed E-state index contributed by atoms with van der Waals surface area (Å²) in [6.07, 6.45) is 2.83. The largest absolute Gasteiger partial charge is 0.396 e. The summed E-state index contributed by atoms with van der Waals surface area (Å²) >= 11 is 5.82. The zero-order chi connectivity index (χ0) is 10.7. The number of hydrogen-bond acceptors (Lipinski definition) is 3. The highest BCUT2D eigenvalue weighted by Crippen LogP contribution is 2.18. The van der Waals surface area contributed by atoms with Crippen molar-refractivity contribution in [2.75, 3.05) is 19.7 Å². The molecule has 3 nitrogen and oxygen atoms in total. The number of halogens is 1. The molecule has 15 heavy (non-hydrogen) atoms. The monoisotopic (exact) mass is 226 g/mol. The van der Waals surface area contributed by atoms with Gasteiger partial charge in [-0.25, -0.2) is 4.98 Å². The first-order chi connectivity index (χ1) is 7.28. The zero-order valence-corrected chi connectivity index (χ0v) is 9.32. The molecular formula is C11H15ClN2O. The van der Waals surface area contributed by atoms with E-state index < -0.39 is 0 Å². The Morgan fingerprint density at radius 1 is 1.60 bits per heavy atom. The van der Waals surface area contributed by atoms with E-state index in [0.717, 1.165) is 26.1 Å². The van der Waals surface area contributed by atoms with Gasteiger partial charge in [-0.15, -0.1) is 0 Å². The van der Waals surface area contributed by atoms with Crippen LogP contribution in [0.1, 0.15) is 12.0 Å². The molecule has 1 aliphatic heterocycles. The van der Waals surface area contributed by atoms with Crippen LogP contribution in [0.3, 0.4) is 0 Å². The maximum absolute atomic E-state index is 9.04. The molecule has 1 aliphatic rings. The lowest BCUT2D eigenvalue weighted by atomic mass is 10.1. The van der Waals surface area contributed by atoms with E-state index in [1.807, 2.05) is 12.1 Å². The van der Waals surface area contributed by atoms with Crippen LogP contribution in [-0.2, 0) is 6.54 Å². The van der Waals surface area contributed by atoms with Gasteiger partial charge in [-0.3, -0.25) is 4.90 Å². The Morgan fingerprint density at radius 2 is 2.47 bits per heavy atom. The van der Waals surface area contributed by atoms with E-state index in [1.54, 1.807) is 6.20 Å². The molecule has 0 amide bonds. The van der Waals surface area contributed by atoms with Crippen molar-refractivity contribution in [2.45, 2.75) is 13.0 Å². The van der Waals surface area contributed by atoms with Gasteiger partial charge in [0.25, 0.3) is 0 Å². The van der Waals surface area contributed by atoms with Gasteiger partial charge in [0, 0.05) is 25.9 Å². The van der Waals surface area contributed by atoms with Crippen molar-refractivity contribution in [3.8, 4) is 0 Å². The Balaban J connectivity index is 1.92. The van der Waals surface area contributed by atoms with Gasteiger partial charge in [0.1, 0.15) is 5.15 Å². The van der Waals surface area contributed by atoms with Crippen LogP contribution >= 0.6 is 11.6 Å². The van der Waals surface area contributed by atoms with E-state index in [1.165, 1.54) is 5.56 Å². The molecule has 0 saturated carbocycles. The van der Waals surface area contributed by atoms with E-state index in [0.29, 0.717) is 17.7 Å². The predicted octanol–water partition coefficient (Wildman–Crippen LogP) is 1.55. The summed E-state index contributed by atoms with van der Waals surface area (Å²) in [7, 11) is 0. The van der Waals surface area contributed by atoms with Crippen LogP contribution in [0.2, 0.25) is 5.15 Å². The fraction of sp³-hybridized carbons (Fsp3) is 0.545. The maximum atomic E-state index is 9.04. The number of aliphatic hydroxyl groups excluding tert-OH is 1. The molecule has 1 saturated heterocycles. The zero-order valence-electron chi connectivity index (χ0n) is 8.56. The smallest absolute Gasteiger partial charge is 0.129 e. The van der Waals surface area contributed by atoms with Crippen molar-refractivity contribution in [3.63, 3.8) is 0 Å². The number of aliphatic hydroxyl groups is 1. The Bertz CT molecular complexity index is 332. The lowest BCUT2D eigenvalue weighted by Gasteiger charge is -2.15. The van der Waals surface area contributed by atoms with Crippen LogP contribution in [-0.4, -0.2) is 34.7 Å². The van der Waals surface area contributed by atoms with Crippen LogP contribution in [0.15, 0.2) is 18.3 Å². The van der Waals surface area contributed by atoms with E-state index in [9.17, 15) is 0 Å². The van der Waals surface area contributed by atoms with Crippen molar-refractivity contribution >= 4 is 11.6 Å². The molecule has 1 N–H and O–H groups in total. The molecule has 0 bridgehead atoms. The van der Waals surface area contributed by atoms with Gasteiger partial charge in [0.2, 0.25) is 0 Å². The van der Waals surface area contributed by atoms with Crippen LogP contribution in [0.25, 0.3) is 0 Å². The van der Waals surface area contributed by atoms with E-state index >= 15 is 0 Å². The first kappa shape index (κ1) is 10.9. The number of hydrogen-bond donors (Lipinski definition) is 1. The number of pyridine rings is 1. The van der Waals surface area contributed by atoms with Gasteiger partial charge in [0.05, 0.1) is 0 Å². The van der Waals surface area contributed by atoms with Crippen molar-refractivity contribution < 1.29 is 5.11 Å². The molecule has 0 radical (unpaired) electrons. The standard InChI is InChI=1S/C11H15ClN2O/c12-11-5-9(1-3-13-11)6-14-4-2-10(7-14)8-15/h1,3,5,10,15H,2,4,6-8H2. The summed E-state index contributed by atoms with van der Waals surface area (Å²) in [6.45, 7) is 3.24. The number of aromatic nitrogens is 1. The van der Waals surface area contributed by atoms with Crippen LogP contribution < -0.4 is 0 Å². The lowest BCUT2D eigenvalue weighted by Crippen LogP contribution is -2.20. The molecule has 82 valence electrons. The molecule has 1 atom stereocenters. The van der Waals surface area contributed by atoms with Crippen LogP contribution in [0, 0.1) is 5.92 Å². The number of likely N-dealkylation sites (tertiary alicyclic amines) is 1. The first-order valence-electron chi connectivity index (χ1n) is 5.21. The molecule has 1 aromatic heterocycles. The molecule has 1 fully saturated rings. The molecule has 0 aromatic carbocycles. The predicted molar refractivity (Wildman–Crippen MR) is 59.7 cm³/mol. The highest BCUT2D eigenvalue weighted by atomic mass is 35.5. The van der Waals surface area contributed by atoms with Crippen molar-refractivity contribution in [3.05, 3.63) is 29.0 Å². The maximum Gasteiger partial charge on any atom is 0.129 e. The summed E-state index contributed by atoms with van der Waals surface area (Å²) < 4.78 is 0. The van der Waals surface area contributed by atoms with Gasteiger partial charge >= 0.3 is 0 Å². The Hall–Kier alpha value is -0.640. The minimum Gasteiger partial charge on any atom is -0.396 e. The van der Waals surface area contributed by atoms with E-state index in [-0.39, 0.29) is 0 Å². The Kier molecular flexibility index (Phi) is 3.57. The topological polar surface area (TPSA) is 36.4 Å². The number of nitrogens with zero attached hydrogens (tertiary/aromatic N) is 2. The summed E-state index contributed by atoms with van der Waals surface area (Å²) in [6, 6.07) is 3.88. The highest BCUT2D eigenvalue weighted by Gasteiger charge is 2.21. The molecular weight excluding hydrogens is 212 g/mol.